The van der Waals surface area contributed by atoms with E-state index in [9.17, 15) is 4.79 Å². The molecule has 0 unspecified atom stereocenters. The normalized spacial score (nSPS) is 11.2. The van der Waals surface area contributed by atoms with Gasteiger partial charge in [-0.25, -0.2) is 0 Å². The van der Waals surface area contributed by atoms with Gasteiger partial charge < -0.3 is 0 Å². The van der Waals surface area contributed by atoms with E-state index >= 15 is 0 Å². The van der Waals surface area contributed by atoms with E-state index in [2.05, 4.69) is 48.3 Å². The first-order valence-electron chi connectivity index (χ1n) is 9.70. The predicted molar refractivity (Wildman–Crippen MR) is 120 cm³/mol. The zero-order valence-corrected chi connectivity index (χ0v) is 16.4. The molecule has 0 amide bonds. The van der Waals surface area contributed by atoms with Crippen molar-refractivity contribution in [3.8, 4) is 16.9 Å². The maximum absolute atomic E-state index is 13.7. The number of hydrogen-bond acceptors (Lipinski definition) is 2. The first-order chi connectivity index (χ1) is 14.1. The summed E-state index contributed by atoms with van der Waals surface area (Å²) < 4.78 is 1.84. The molecule has 0 aliphatic rings. The number of aromatic nitrogens is 2. The number of aryl methyl sites for hydroxylation is 2. The highest BCUT2D eigenvalue weighted by Gasteiger charge is 2.17. The lowest BCUT2D eigenvalue weighted by molar-refractivity contribution is 1.01. The van der Waals surface area contributed by atoms with Crippen molar-refractivity contribution in [1.29, 1.82) is 0 Å². The van der Waals surface area contributed by atoms with Crippen molar-refractivity contribution in [3.63, 3.8) is 0 Å². The van der Waals surface area contributed by atoms with Crippen LogP contribution in [0.15, 0.2) is 89.9 Å². The summed E-state index contributed by atoms with van der Waals surface area (Å²) in [5.41, 5.74) is 5.71. The van der Waals surface area contributed by atoms with Crippen LogP contribution >= 0.6 is 0 Å². The molecular weight excluding hydrogens is 356 g/mol. The van der Waals surface area contributed by atoms with Gasteiger partial charge in [-0.2, -0.15) is 0 Å². The highest BCUT2D eigenvalue weighted by molar-refractivity contribution is 5.91. The first-order valence-corrected chi connectivity index (χ1v) is 9.70. The van der Waals surface area contributed by atoms with Crippen molar-refractivity contribution in [2.45, 2.75) is 13.8 Å². The number of benzene rings is 3. The van der Waals surface area contributed by atoms with Gasteiger partial charge >= 0.3 is 0 Å². The van der Waals surface area contributed by atoms with E-state index in [0.29, 0.717) is 5.39 Å². The monoisotopic (exact) mass is 376 g/mol. The summed E-state index contributed by atoms with van der Waals surface area (Å²) in [5, 5.41) is 2.66. The van der Waals surface area contributed by atoms with E-state index in [1.165, 1.54) is 0 Å². The lowest BCUT2D eigenvalue weighted by Gasteiger charge is -2.18. The highest BCUT2D eigenvalue weighted by Crippen LogP contribution is 2.30. The Hall–Kier alpha value is -3.72. The molecule has 3 heteroatoms. The molecule has 0 N–H and O–H groups in total. The summed E-state index contributed by atoms with van der Waals surface area (Å²) in [4.78, 5) is 18.4. The van der Waals surface area contributed by atoms with Gasteiger partial charge in [-0.15, -0.1) is 0 Å². The lowest BCUT2D eigenvalue weighted by Crippen LogP contribution is -2.21. The Bertz CT molecular complexity index is 1450. The highest BCUT2D eigenvalue weighted by atomic mass is 16.1. The van der Waals surface area contributed by atoms with Crippen LogP contribution in [0.3, 0.4) is 0 Å². The van der Waals surface area contributed by atoms with Gasteiger partial charge in [-0.05, 0) is 54.6 Å². The van der Waals surface area contributed by atoms with Crippen LogP contribution in [-0.4, -0.2) is 9.55 Å². The van der Waals surface area contributed by atoms with E-state index in [1.54, 1.807) is 6.20 Å². The van der Waals surface area contributed by atoms with Crippen molar-refractivity contribution in [3.05, 3.63) is 107 Å². The van der Waals surface area contributed by atoms with Crippen LogP contribution in [0.5, 0.6) is 0 Å². The van der Waals surface area contributed by atoms with Crippen LogP contribution in [0, 0.1) is 13.8 Å². The summed E-state index contributed by atoms with van der Waals surface area (Å²) in [6.45, 7) is 4.10. The number of rotatable bonds is 2. The van der Waals surface area contributed by atoms with Gasteiger partial charge in [-0.1, -0.05) is 60.2 Å². The molecule has 0 spiro atoms. The lowest BCUT2D eigenvalue weighted by atomic mass is 10.0. The van der Waals surface area contributed by atoms with E-state index in [4.69, 9.17) is 0 Å². The molecular formula is C26H20N2O. The zero-order chi connectivity index (χ0) is 20.0. The van der Waals surface area contributed by atoms with Crippen molar-refractivity contribution in [1.82, 2.24) is 9.55 Å². The Balaban J connectivity index is 1.99. The quantitative estimate of drug-likeness (QED) is 0.389. The van der Waals surface area contributed by atoms with E-state index in [1.807, 2.05) is 54.0 Å². The molecule has 0 fully saturated rings. The average molecular weight is 376 g/mol. The van der Waals surface area contributed by atoms with Crippen LogP contribution in [0.1, 0.15) is 11.1 Å². The summed E-state index contributed by atoms with van der Waals surface area (Å²) in [6, 6.07) is 26.2. The topological polar surface area (TPSA) is 34.9 Å². The third kappa shape index (κ3) is 2.83. The molecule has 0 saturated carbocycles. The third-order valence-corrected chi connectivity index (χ3v) is 5.41. The van der Waals surface area contributed by atoms with E-state index in [-0.39, 0.29) is 5.56 Å². The molecule has 2 aromatic heterocycles. The summed E-state index contributed by atoms with van der Waals surface area (Å²) in [7, 11) is 0. The number of fused-ring (bicyclic) bond motifs is 2. The van der Waals surface area contributed by atoms with Crippen LogP contribution in [0.2, 0.25) is 0 Å². The molecule has 5 aromatic rings. The molecule has 0 aliphatic carbocycles. The smallest absolute Gasteiger partial charge is 0.263 e. The van der Waals surface area contributed by atoms with Crippen molar-refractivity contribution in [2.24, 2.45) is 0 Å². The Morgan fingerprint density at radius 3 is 2.48 bits per heavy atom. The number of nitrogens with zero attached hydrogens (tertiary/aromatic N) is 2. The molecule has 0 bridgehead atoms. The molecule has 3 aromatic carbocycles. The minimum absolute atomic E-state index is 0.0270. The Morgan fingerprint density at radius 2 is 1.62 bits per heavy atom. The predicted octanol–water partition coefficient (Wildman–Crippen LogP) is 5.82. The maximum Gasteiger partial charge on any atom is 0.263 e. The second-order valence-corrected chi connectivity index (χ2v) is 7.43. The van der Waals surface area contributed by atoms with Crippen LogP contribution in [-0.2, 0) is 0 Å². The molecule has 0 radical (unpaired) electrons. The van der Waals surface area contributed by atoms with E-state index in [0.717, 1.165) is 44.4 Å². The third-order valence-electron chi connectivity index (χ3n) is 5.41. The maximum atomic E-state index is 13.7. The van der Waals surface area contributed by atoms with Crippen molar-refractivity contribution < 1.29 is 0 Å². The molecule has 3 nitrogen and oxygen atoms in total. The van der Waals surface area contributed by atoms with E-state index < -0.39 is 0 Å². The van der Waals surface area contributed by atoms with Crippen LogP contribution < -0.4 is 5.56 Å². The SMILES string of the molecule is Cc1cccc(-c2cc3ccccc3c(=O)n2-c2c(C)ccc3cccnc23)c1. The molecule has 140 valence electrons. The van der Waals surface area contributed by atoms with Gasteiger partial charge in [0.1, 0.15) is 0 Å². The van der Waals surface area contributed by atoms with Crippen LogP contribution in [0.4, 0.5) is 0 Å². The molecule has 2 heterocycles. The Labute approximate surface area is 168 Å². The summed E-state index contributed by atoms with van der Waals surface area (Å²) >= 11 is 0. The zero-order valence-electron chi connectivity index (χ0n) is 16.4. The average Bonchev–Trinajstić information content (AvgIpc) is 2.74. The fourth-order valence-electron chi connectivity index (χ4n) is 4.01. The molecule has 5 rings (SSSR count). The van der Waals surface area contributed by atoms with Gasteiger partial charge in [0.15, 0.2) is 0 Å². The summed E-state index contributed by atoms with van der Waals surface area (Å²) in [6.07, 6.45) is 1.78. The molecule has 0 aliphatic heterocycles. The fraction of sp³-hybridized carbons (Fsp3) is 0.0769. The number of hydrogen-bond donors (Lipinski definition) is 0. The van der Waals surface area contributed by atoms with Gasteiger partial charge in [0.25, 0.3) is 5.56 Å². The molecule has 0 saturated heterocycles. The standard InChI is InChI=1S/C26H20N2O/c1-17-7-5-9-21(15-17)23-16-20-8-3-4-11-22(20)26(29)28(23)25-18(2)12-13-19-10-6-14-27-24(19)25/h3-16H,1-2H3. The minimum atomic E-state index is -0.0270. The molecule has 0 atom stereocenters. The van der Waals surface area contributed by atoms with Crippen molar-refractivity contribution in [2.75, 3.05) is 0 Å². The van der Waals surface area contributed by atoms with Crippen LogP contribution in [0.25, 0.3) is 38.6 Å². The first kappa shape index (κ1) is 17.4. The molecule has 29 heavy (non-hydrogen) atoms. The van der Waals surface area contributed by atoms with Gasteiger partial charge in [0.05, 0.1) is 16.9 Å². The second kappa shape index (κ2) is 6.71. The van der Waals surface area contributed by atoms with Crippen molar-refractivity contribution >= 4 is 21.7 Å². The van der Waals surface area contributed by atoms with Gasteiger partial charge in [0.2, 0.25) is 0 Å². The van der Waals surface area contributed by atoms with Gasteiger partial charge in [-0.3, -0.25) is 14.3 Å². The second-order valence-electron chi connectivity index (χ2n) is 7.43. The Morgan fingerprint density at radius 1 is 0.793 bits per heavy atom. The fourth-order valence-corrected chi connectivity index (χ4v) is 4.01. The Kier molecular flexibility index (Phi) is 4.02. The largest absolute Gasteiger partial charge is 0.274 e. The number of pyridine rings is 2. The van der Waals surface area contributed by atoms with Gasteiger partial charge in [0, 0.05) is 17.0 Å². The minimum Gasteiger partial charge on any atom is -0.274 e. The summed E-state index contributed by atoms with van der Waals surface area (Å²) in [5.74, 6) is 0.